The van der Waals surface area contributed by atoms with E-state index in [1.165, 1.54) is 6.07 Å². The lowest BCUT2D eigenvalue weighted by molar-refractivity contribution is -0.385. The van der Waals surface area contributed by atoms with E-state index in [9.17, 15) is 10.1 Å². The maximum absolute atomic E-state index is 10.6. The summed E-state index contributed by atoms with van der Waals surface area (Å²) in [6.07, 6.45) is 0.498. The van der Waals surface area contributed by atoms with E-state index in [4.69, 9.17) is 23.2 Å². The summed E-state index contributed by atoms with van der Waals surface area (Å²) >= 11 is 11.2. The van der Waals surface area contributed by atoms with E-state index in [2.05, 4.69) is 4.98 Å². The molecule has 0 atom stereocenters. The summed E-state index contributed by atoms with van der Waals surface area (Å²) in [5.41, 5.74) is 0.337. The van der Waals surface area contributed by atoms with Gasteiger partial charge < -0.3 is 0 Å². The third-order valence-electron chi connectivity index (χ3n) is 1.56. The molecule has 1 aromatic heterocycles. The van der Waals surface area contributed by atoms with Crippen LogP contribution in [0.25, 0.3) is 0 Å². The van der Waals surface area contributed by atoms with Crippen molar-refractivity contribution >= 4 is 28.9 Å². The molecule has 0 aliphatic heterocycles. The highest BCUT2D eigenvalue weighted by Crippen LogP contribution is 2.29. The Hall–Kier alpha value is -0.870. The molecule has 13 heavy (non-hydrogen) atoms. The van der Waals surface area contributed by atoms with Gasteiger partial charge in [-0.05, 0) is 12.5 Å². The number of aryl methyl sites for hydroxylation is 1. The zero-order chi connectivity index (χ0) is 10.0. The number of aromatic nitrogens is 1. The molecule has 0 saturated heterocycles. The van der Waals surface area contributed by atoms with Crippen LogP contribution in [-0.4, -0.2) is 9.91 Å². The van der Waals surface area contributed by atoms with E-state index in [1.807, 2.05) is 0 Å². The predicted molar refractivity (Wildman–Crippen MR) is 50.3 cm³/mol. The average Bonchev–Trinajstić information content (AvgIpc) is 2.01. The third-order valence-corrected chi connectivity index (χ3v) is 2.02. The summed E-state index contributed by atoms with van der Waals surface area (Å²) in [6, 6.07) is 1.45. The molecule has 1 heterocycles. The molecular formula is C7H6Cl2N2O2. The second-order valence-corrected chi connectivity index (χ2v) is 3.10. The number of hydrogen-bond donors (Lipinski definition) is 0. The van der Waals surface area contributed by atoms with Crippen molar-refractivity contribution in [1.29, 1.82) is 0 Å². The first-order valence-corrected chi connectivity index (χ1v) is 4.31. The number of nitro groups is 1. The lowest BCUT2D eigenvalue weighted by atomic mass is 10.2. The molecule has 70 valence electrons. The van der Waals surface area contributed by atoms with Crippen LogP contribution >= 0.6 is 23.2 Å². The summed E-state index contributed by atoms with van der Waals surface area (Å²) < 4.78 is 0. The van der Waals surface area contributed by atoms with Gasteiger partial charge in [0.25, 0.3) is 0 Å². The van der Waals surface area contributed by atoms with Gasteiger partial charge in [-0.25, -0.2) is 4.98 Å². The molecule has 0 fully saturated rings. The Morgan fingerprint density at radius 2 is 2.23 bits per heavy atom. The quantitative estimate of drug-likeness (QED) is 0.438. The number of rotatable bonds is 2. The first-order chi connectivity index (χ1) is 6.06. The highest BCUT2D eigenvalue weighted by Gasteiger charge is 2.19. The molecule has 4 nitrogen and oxygen atoms in total. The van der Waals surface area contributed by atoms with Gasteiger partial charge in [0.1, 0.15) is 5.15 Å². The van der Waals surface area contributed by atoms with Crippen molar-refractivity contribution < 1.29 is 4.92 Å². The minimum Gasteiger partial charge on any atom is -0.258 e. The minimum atomic E-state index is -0.551. The number of pyridine rings is 1. The first-order valence-electron chi connectivity index (χ1n) is 3.55. The highest BCUT2D eigenvalue weighted by atomic mass is 35.5. The molecule has 0 amide bonds. The Morgan fingerprint density at radius 3 is 2.69 bits per heavy atom. The van der Waals surface area contributed by atoms with Crippen LogP contribution in [0.4, 0.5) is 5.69 Å². The summed E-state index contributed by atoms with van der Waals surface area (Å²) in [5, 5.41) is 10.6. The average molecular weight is 221 g/mol. The number of hydrogen-bond acceptors (Lipinski definition) is 3. The molecule has 0 spiro atoms. The lowest BCUT2D eigenvalue weighted by Crippen LogP contribution is -1.97. The number of nitrogens with zero attached hydrogens (tertiary/aromatic N) is 2. The van der Waals surface area contributed by atoms with Crippen LogP contribution in [0, 0.1) is 10.1 Å². The predicted octanol–water partition coefficient (Wildman–Crippen LogP) is 2.86. The van der Waals surface area contributed by atoms with Gasteiger partial charge in [-0.2, -0.15) is 0 Å². The standard InChI is InChI=1S/C7H6Cl2N2O2/c1-2-4-3-5(8)10-7(9)6(4)11(12)13/h3H,2H2,1H3. The van der Waals surface area contributed by atoms with Gasteiger partial charge in [-0.1, -0.05) is 30.1 Å². The van der Waals surface area contributed by atoms with Crippen molar-refractivity contribution in [3.8, 4) is 0 Å². The Kier molecular flexibility index (Phi) is 3.06. The van der Waals surface area contributed by atoms with Gasteiger partial charge in [0.2, 0.25) is 5.15 Å². The van der Waals surface area contributed by atoms with Gasteiger partial charge in [0.15, 0.2) is 0 Å². The van der Waals surface area contributed by atoms with E-state index < -0.39 is 4.92 Å². The van der Waals surface area contributed by atoms with E-state index in [1.54, 1.807) is 6.92 Å². The fourth-order valence-electron chi connectivity index (χ4n) is 0.986. The van der Waals surface area contributed by atoms with E-state index >= 15 is 0 Å². The van der Waals surface area contributed by atoms with Crippen molar-refractivity contribution in [2.75, 3.05) is 0 Å². The van der Waals surface area contributed by atoms with Crippen molar-refractivity contribution in [3.63, 3.8) is 0 Å². The third kappa shape index (κ3) is 2.08. The first kappa shape index (κ1) is 10.2. The maximum Gasteiger partial charge on any atom is 0.309 e. The molecule has 0 radical (unpaired) electrons. The molecule has 0 N–H and O–H groups in total. The van der Waals surface area contributed by atoms with Crippen molar-refractivity contribution in [1.82, 2.24) is 4.98 Å². The van der Waals surface area contributed by atoms with Crippen LogP contribution in [0.2, 0.25) is 10.3 Å². The zero-order valence-electron chi connectivity index (χ0n) is 6.75. The largest absolute Gasteiger partial charge is 0.309 e. The minimum absolute atomic E-state index is 0.158. The Bertz CT molecular complexity index is 355. The van der Waals surface area contributed by atoms with E-state index in [0.717, 1.165) is 0 Å². The fourth-order valence-corrected chi connectivity index (χ4v) is 1.53. The summed E-state index contributed by atoms with van der Waals surface area (Å²) in [7, 11) is 0. The Morgan fingerprint density at radius 1 is 1.62 bits per heavy atom. The monoisotopic (exact) mass is 220 g/mol. The van der Waals surface area contributed by atoms with Gasteiger partial charge in [-0.15, -0.1) is 0 Å². The maximum atomic E-state index is 10.6. The zero-order valence-corrected chi connectivity index (χ0v) is 8.26. The second kappa shape index (κ2) is 3.89. The summed E-state index contributed by atoms with van der Waals surface area (Å²) in [4.78, 5) is 13.6. The normalized spacial score (nSPS) is 10.1. The molecule has 0 saturated carbocycles. The highest BCUT2D eigenvalue weighted by molar-refractivity contribution is 6.33. The van der Waals surface area contributed by atoms with Crippen molar-refractivity contribution in [2.24, 2.45) is 0 Å². The molecule has 0 aliphatic rings. The fraction of sp³-hybridized carbons (Fsp3) is 0.286. The van der Waals surface area contributed by atoms with Gasteiger partial charge >= 0.3 is 5.69 Å². The van der Waals surface area contributed by atoms with Crippen molar-refractivity contribution in [2.45, 2.75) is 13.3 Å². The molecule has 0 aliphatic carbocycles. The van der Waals surface area contributed by atoms with Crippen molar-refractivity contribution in [3.05, 3.63) is 32.1 Å². The molecule has 1 rings (SSSR count). The van der Waals surface area contributed by atoms with Crippen LogP contribution in [0.15, 0.2) is 6.07 Å². The van der Waals surface area contributed by atoms with E-state index in [-0.39, 0.29) is 16.0 Å². The number of halogens is 2. The van der Waals surface area contributed by atoms with Crippen LogP contribution in [0.1, 0.15) is 12.5 Å². The van der Waals surface area contributed by atoms with Crippen LogP contribution in [0.5, 0.6) is 0 Å². The van der Waals surface area contributed by atoms with Gasteiger partial charge in [-0.3, -0.25) is 10.1 Å². The molecule has 0 bridgehead atoms. The molecular weight excluding hydrogens is 215 g/mol. The second-order valence-electron chi connectivity index (χ2n) is 2.35. The summed E-state index contributed by atoms with van der Waals surface area (Å²) in [6.45, 7) is 1.79. The topological polar surface area (TPSA) is 56.0 Å². The van der Waals surface area contributed by atoms with Gasteiger partial charge in [0.05, 0.1) is 4.92 Å². The van der Waals surface area contributed by atoms with Crippen LogP contribution < -0.4 is 0 Å². The Labute approximate surface area is 84.6 Å². The SMILES string of the molecule is CCc1cc(Cl)nc(Cl)c1[N+](=O)[O-]. The lowest BCUT2D eigenvalue weighted by Gasteiger charge is -2.01. The molecule has 0 aromatic carbocycles. The molecule has 6 heteroatoms. The van der Waals surface area contributed by atoms with Crippen LogP contribution in [-0.2, 0) is 6.42 Å². The Balaban J connectivity index is 3.38. The van der Waals surface area contributed by atoms with Gasteiger partial charge in [0, 0.05) is 5.56 Å². The van der Waals surface area contributed by atoms with E-state index in [0.29, 0.717) is 12.0 Å². The molecule has 1 aromatic rings. The van der Waals surface area contributed by atoms with Crippen LogP contribution in [0.3, 0.4) is 0 Å². The smallest absolute Gasteiger partial charge is 0.258 e. The summed E-state index contributed by atoms with van der Waals surface area (Å²) in [5.74, 6) is 0. The molecule has 0 unspecified atom stereocenters.